The Kier molecular flexibility index (Phi) is 2.19. The summed E-state index contributed by atoms with van der Waals surface area (Å²) in [6, 6.07) is 5.74. The highest BCUT2D eigenvalue weighted by Gasteiger charge is 2.11. The van der Waals surface area contributed by atoms with E-state index in [0.29, 0.717) is 5.56 Å². The summed E-state index contributed by atoms with van der Waals surface area (Å²) in [6.07, 6.45) is 3.58. The molecule has 3 rings (SSSR count). The molecule has 5 heteroatoms. The maximum Gasteiger partial charge on any atom is 0.250 e. The lowest BCUT2D eigenvalue weighted by Crippen LogP contribution is -2.11. The number of nitrogens with two attached hydrogens (primary N) is 1. The number of primary amides is 1. The highest BCUT2D eigenvalue weighted by molar-refractivity contribution is 7.13. The molecule has 0 aliphatic rings. The third-order valence-corrected chi connectivity index (χ3v) is 3.46. The molecule has 3 aromatic rings. The number of carbonyl (C=O) groups excluding carboxylic acids is 1. The van der Waals surface area contributed by atoms with Gasteiger partial charge >= 0.3 is 0 Å². The van der Waals surface area contributed by atoms with Crippen molar-refractivity contribution in [3.8, 4) is 10.4 Å². The first-order valence-electron chi connectivity index (χ1n) is 5.05. The van der Waals surface area contributed by atoms with Crippen molar-refractivity contribution < 1.29 is 4.79 Å². The summed E-state index contributed by atoms with van der Waals surface area (Å²) in [5.74, 6) is -0.427. The van der Waals surface area contributed by atoms with Crippen LogP contribution in [0, 0.1) is 0 Å². The van der Waals surface area contributed by atoms with Gasteiger partial charge in [-0.3, -0.25) is 9.78 Å². The van der Waals surface area contributed by atoms with Gasteiger partial charge in [-0.2, -0.15) is 0 Å². The number of nitrogens with zero attached hydrogens (tertiary/aromatic N) is 1. The molecule has 1 aromatic carbocycles. The van der Waals surface area contributed by atoms with E-state index >= 15 is 0 Å². The molecule has 17 heavy (non-hydrogen) atoms. The smallest absolute Gasteiger partial charge is 0.250 e. The van der Waals surface area contributed by atoms with Crippen LogP contribution in [0.5, 0.6) is 0 Å². The Labute approximate surface area is 101 Å². The number of nitrogens with one attached hydrogen (secondary N) is 1. The van der Waals surface area contributed by atoms with Crippen molar-refractivity contribution >= 4 is 28.1 Å². The third kappa shape index (κ3) is 1.60. The lowest BCUT2D eigenvalue weighted by Gasteiger charge is -2.03. The number of aromatic nitrogens is 2. The van der Waals surface area contributed by atoms with E-state index in [1.165, 1.54) is 11.3 Å². The minimum atomic E-state index is -0.427. The summed E-state index contributed by atoms with van der Waals surface area (Å²) in [6.45, 7) is 0. The molecule has 0 aliphatic heterocycles. The second kappa shape index (κ2) is 3.71. The van der Waals surface area contributed by atoms with Gasteiger partial charge < -0.3 is 10.7 Å². The number of hydrogen-bond acceptors (Lipinski definition) is 3. The Morgan fingerprint density at radius 3 is 3.00 bits per heavy atom. The van der Waals surface area contributed by atoms with Gasteiger partial charge in [-0.1, -0.05) is 0 Å². The molecule has 0 saturated carbocycles. The van der Waals surface area contributed by atoms with E-state index in [1.54, 1.807) is 24.0 Å². The van der Waals surface area contributed by atoms with Crippen molar-refractivity contribution in [2.45, 2.75) is 0 Å². The highest BCUT2D eigenvalue weighted by atomic mass is 32.1. The van der Waals surface area contributed by atoms with Gasteiger partial charge in [0.15, 0.2) is 0 Å². The van der Waals surface area contributed by atoms with Gasteiger partial charge in [0.1, 0.15) is 0 Å². The normalized spacial score (nSPS) is 10.8. The molecule has 3 N–H and O–H groups in total. The number of H-pyrrole nitrogens is 1. The first-order valence-corrected chi connectivity index (χ1v) is 5.93. The lowest BCUT2D eigenvalue weighted by molar-refractivity contribution is 0.100. The monoisotopic (exact) mass is 243 g/mol. The quantitative estimate of drug-likeness (QED) is 0.725. The van der Waals surface area contributed by atoms with Crippen LogP contribution in [0.1, 0.15) is 10.4 Å². The second-order valence-electron chi connectivity index (χ2n) is 3.70. The number of carbonyl (C=O) groups is 1. The van der Waals surface area contributed by atoms with Gasteiger partial charge in [0.2, 0.25) is 0 Å². The molecule has 0 fully saturated rings. The van der Waals surface area contributed by atoms with Crippen LogP contribution in [-0.4, -0.2) is 15.9 Å². The van der Waals surface area contributed by atoms with Crippen LogP contribution in [0.4, 0.5) is 0 Å². The molecule has 0 aliphatic carbocycles. The van der Waals surface area contributed by atoms with E-state index in [1.807, 2.05) is 12.1 Å². The number of fused-ring (bicyclic) bond motifs is 1. The van der Waals surface area contributed by atoms with Crippen molar-refractivity contribution in [1.82, 2.24) is 9.97 Å². The minimum absolute atomic E-state index is 0.427. The van der Waals surface area contributed by atoms with E-state index in [4.69, 9.17) is 5.73 Å². The number of aromatic amines is 1. The Hall–Kier alpha value is -2.14. The number of rotatable bonds is 2. The molecule has 84 valence electrons. The topological polar surface area (TPSA) is 71.8 Å². The molecule has 0 unspecified atom stereocenters. The summed E-state index contributed by atoms with van der Waals surface area (Å²) in [5, 5.41) is 0.977. The first-order chi connectivity index (χ1) is 8.25. The molecule has 0 atom stereocenters. The molecule has 0 spiro atoms. The average molecular weight is 243 g/mol. The Morgan fingerprint density at radius 2 is 2.29 bits per heavy atom. The van der Waals surface area contributed by atoms with Crippen molar-refractivity contribution in [2.24, 2.45) is 5.73 Å². The van der Waals surface area contributed by atoms with Crippen LogP contribution in [0.25, 0.3) is 21.3 Å². The maximum absolute atomic E-state index is 11.4. The van der Waals surface area contributed by atoms with Crippen LogP contribution in [0.15, 0.2) is 36.1 Å². The van der Waals surface area contributed by atoms with E-state index in [9.17, 15) is 4.79 Å². The summed E-state index contributed by atoms with van der Waals surface area (Å²) >= 11 is 1.53. The third-order valence-electron chi connectivity index (χ3n) is 2.64. The largest absolute Gasteiger partial charge is 0.366 e. The van der Waals surface area contributed by atoms with Crippen molar-refractivity contribution in [1.29, 1.82) is 0 Å². The fourth-order valence-corrected chi connectivity index (χ4v) is 2.48. The molecular weight excluding hydrogens is 234 g/mol. The van der Waals surface area contributed by atoms with Gasteiger partial charge in [-0.15, -0.1) is 11.3 Å². The predicted octanol–water partition coefficient (Wildman–Crippen LogP) is 2.39. The van der Waals surface area contributed by atoms with Crippen LogP contribution in [0.2, 0.25) is 0 Å². The fourth-order valence-electron chi connectivity index (χ4n) is 1.87. The Bertz CT molecular complexity index is 685. The van der Waals surface area contributed by atoms with E-state index in [-0.39, 0.29) is 0 Å². The summed E-state index contributed by atoms with van der Waals surface area (Å²) < 4.78 is 0. The minimum Gasteiger partial charge on any atom is -0.366 e. The van der Waals surface area contributed by atoms with E-state index in [0.717, 1.165) is 21.3 Å². The standard InChI is InChI=1S/C12H9N3OS/c13-12(16)9-4-8(10-5-14-6-17-10)3-7-1-2-15-11(7)9/h1-6,15H,(H2,13,16). The molecule has 2 aromatic heterocycles. The molecular formula is C12H9N3OS. The maximum atomic E-state index is 11.4. The van der Waals surface area contributed by atoms with Crippen molar-refractivity contribution in [3.63, 3.8) is 0 Å². The van der Waals surface area contributed by atoms with Gasteiger partial charge in [0.25, 0.3) is 5.91 Å². The molecule has 4 nitrogen and oxygen atoms in total. The van der Waals surface area contributed by atoms with Crippen molar-refractivity contribution in [2.75, 3.05) is 0 Å². The summed E-state index contributed by atoms with van der Waals surface area (Å²) in [7, 11) is 0. The average Bonchev–Trinajstić information content (AvgIpc) is 2.98. The van der Waals surface area contributed by atoms with Gasteiger partial charge in [0.05, 0.1) is 21.5 Å². The predicted molar refractivity (Wildman–Crippen MR) is 67.9 cm³/mol. The molecule has 1 amide bonds. The molecule has 2 heterocycles. The number of amides is 1. The van der Waals surface area contributed by atoms with Gasteiger partial charge in [0, 0.05) is 17.8 Å². The molecule has 0 saturated heterocycles. The second-order valence-corrected chi connectivity index (χ2v) is 4.58. The van der Waals surface area contributed by atoms with Crippen LogP contribution in [-0.2, 0) is 0 Å². The first kappa shape index (κ1) is 10.0. The number of benzene rings is 1. The molecule has 0 bridgehead atoms. The van der Waals surface area contributed by atoms with Crippen molar-refractivity contribution in [3.05, 3.63) is 41.7 Å². The Balaban J connectivity index is 2.31. The fraction of sp³-hybridized carbons (Fsp3) is 0. The van der Waals surface area contributed by atoms with Crippen LogP contribution < -0.4 is 5.73 Å². The van der Waals surface area contributed by atoms with Crippen LogP contribution >= 0.6 is 11.3 Å². The summed E-state index contributed by atoms with van der Waals surface area (Å²) in [4.78, 5) is 19.5. The Morgan fingerprint density at radius 1 is 1.41 bits per heavy atom. The number of hydrogen-bond donors (Lipinski definition) is 2. The number of thiazole rings is 1. The zero-order chi connectivity index (χ0) is 11.8. The highest BCUT2D eigenvalue weighted by Crippen LogP contribution is 2.29. The van der Waals surface area contributed by atoms with Crippen LogP contribution in [0.3, 0.4) is 0 Å². The zero-order valence-corrected chi connectivity index (χ0v) is 9.62. The molecule has 0 radical (unpaired) electrons. The van der Waals surface area contributed by atoms with E-state index in [2.05, 4.69) is 9.97 Å². The zero-order valence-electron chi connectivity index (χ0n) is 8.81. The van der Waals surface area contributed by atoms with E-state index < -0.39 is 5.91 Å². The van der Waals surface area contributed by atoms with Gasteiger partial charge in [-0.05, 0) is 23.8 Å². The van der Waals surface area contributed by atoms with Gasteiger partial charge in [-0.25, -0.2) is 0 Å². The SMILES string of the molecule is NC(=O)c1cc(-c2cncs2)cc2cc[nH]c12. The lowest BCUT2D eigenvalue weighted by atomic mass is 10.1. The summed E-state index contributed by atoms with van der Waals surface area (Å²) in [5.41, 5.74) is 9.41.